The van der Waals surface area contributed by atoms with Gasteiger partial charge in [0.2, 0.25) is 0 Å². The van der Waals surface area contributed by atoms with Crippen LogP contribution in [0.25, 0.3) is 10.9 Å². The first kappa shape index (κ1) is 9.42. The minimum atomic E-state index is -0.579. The Bertz CT molecular complexity index is 559. The summed E-state index contributed by atoms with van der Waals surface area (Å²) in [6.45, 7) is 0.511. The number of benzene rings is 1. The maximum atomic E-state index is 11.8. The number of aromatic amines is 1. The molecule has 1 aliphatic heterocycles. The topological polar surface area (TPSA) is 65.1 Å². The molecule has 4 nitrogen and oxygen atoms in total. The van der Waals surface area contributed by atoms with E-state index in [-0.39, 0.29) is 5.91 Å². The zero-order valence-electron chi connectivity index (χ0n) is 8.66. The highest BCUT2D eigenvalue weighted by atomic mass is 16.3. The third-order valence-electron chi connectivity index (χ3n) is 3.01. The van der Waals surface area contributed by atoms with Crippen molar-refractivity contribution in [2.24, 2.45) is 0 Å². The molecule has 1 aromatic heterocycles. The molecule has 0 spiro atoms. The van der Waals surface area contributed by atoms with Gasteiger partial charge in [-0.05, 0) is 12.5 Å². The molecular weight excluding hydrogens is 204 g/mol. The predicted octanol–water partition coefficient (Wildman–Crippen LogP) is 1.33. The highest BCUT2D eigenvalue weighted by Crippen LogP contribution is 2.31. The van der Waals surface area contributed by atoms with Gasteiger partial charge < -0.3 is 15.4 Å². The number of hydrogen-bond donors (Lipinski definition) is 3. The van der Waals surface area contributed by atoms with Gasteiger partial charge in [-0.2, -0.15) is 0 Å². The lowest BCUT2D eigenvalue weighted by molar-refractivity contribution is 0.0951. The van der Waals surface area contributed by atoms with E-state index in [0.29, 0.717) is 18.7 Å². The molecule has 16 heavy (non-hydrogen) atoms. The van der Waals surface area contributed by atoms with Crippen LogP contribution in [0.5, 0.6) is 0 Å². The number of aromatic nitrogens is 1. The van der Waals surface area contributed by atoms with Crippen LogP contribution in [-0.4, -0.2) is 22.5 Å². The fraction of sp³-hybridized carbons (Fsp3) is 0.250. The number of carbonyl (C=O) groups is 1. The van der Waals surface area contributed by atoms with Crippen molar-refractivity contribution in [2.45, 2.75) is 12.5 Å². The van der Waals surface area contributed by atoms with Crippen LogP contribution in [0.15, 0.2) is 24.3 Å². The molecule has 3 N–H and O–H groups in total. The number of amides is 1. The van der Waals surface area contributed by atoms with Crippen molar-refractivity contribution in [1.82, 2.24) is 10.3 Å². The smallest absolute Gasteiger partial charge is 0.268 e. The van der Waals surface area contributed by atoms with Crippen molar-refractivity contribution in [3.8, 4) is 0 Å². The van der Waals surface area contributed by atoms with Crippen LogP contribution in [0.2, 0.25) is 0 Å². The summed E-state index contributed by atoms with van der Waals surface area (Å²) in [6, 6.07) is 7.64. The van der Waals surface area contributed by atoms with E-state index in [0.717, 1.165) is 16.5 Å². The summed E-state index contributed by atoms with van der Waals surface area (Å²) in [4.78, 5) is 14.8. The van der Waals surface area contributed by atoms with Crippen LogP contribution < -0.4 is 5.32 Å². The van der Waals surface area contributed by atoms with Gasteiger partial charge >= 0.3 is 0 Å². The molecule has 0 fully saturated rings. The molecule has 0 unspecified atom stereocenters. The van der Waals surface area contributed by atoms with Gasteiger partial charge in [0.05, 0.1) is 6.10 Å². The van der Waals surface area contributed by atoms with Crippen LogP contribution >= 0.6 is 0 Å². The fourth-order valence-electron chi connectivity index (χ4n) is 2.24. The summed E-state index contributed by atoms with van der Waals surface area (Å²) >= 11 is 0. The number of hydrogen-bond acceptors (Lipinski definition) is 2. The third kappa shape index (κ3) is 1.23. The van der Waals surface area contributed by atoms with Gasteiger partial charge in [-0.3, -0.25) is 4.79 Å². The number of para-hydroxylation sites is 1. The zero-order chi connectivity index (χ0) is 11.1. The number of H-pyrrole nitrogens is 1. The molecule has 2 aromatic rings. The molecule has 0 saturated carbocycles. The average molecular weight is 216 g/mol. The Morgan fingerprint density at radius 3 is 3.00 bits per heavy atom. The van der Waals surface area contributed by atoms with Crippen molar-refractivity contribution < 1.29 is 9.90 Å². The standard InChI is InChI=1S/C12H12N2O2/c15-9-5-6-13-12(16)11-10(9)7-3-1-2-4-8(7)14-11/h1-4,9,14-15H,5-6H2,(H,13,16)/t9-/m0/s1. The molecule has 0 aliphatic carbocycles. The molecule has 4 heteroatoms. The number of rotatable bonds is 0. The molecule has 1 amide bonds. The van der Waals surface area contributed by atoms with Crippen LogP contribution in [0, 0.1) is 0 Å². The Kier molecular flexibility index (Phi) is 1.97. The normalized spacial score (nSPS) is 20.3. The average Bonchev–Trinajstić information content (AvgIpc) is 2.61. The number of carbonyl (C=O) groups excluding carboxylic acids is 1. The summed E-state index contributed by atoms with van der Waals surface area (Å²) in [6.07, 6.45) is -0.0225. The molecule has 0 saturated heterocycles. The van der Waals surface area contributed by atoms with E-state index in [1.165, 1.54) is 0 Å². The van der Waals surface area contributed by atoms with Gasteiger partial charge in [0.15, 0.2) is 0 Å². The van der Waals surface area contributed by atoms with Gasteiger partial charge in [0.1, 0.15) is 5.69 Å². The van der Waals surface area contributed by atoms with Gasteiger partial charge in [-0.25, -0.2) is 0 Å². The highest BCUT2D eigenvalue weighted by Gasteiger charge is 2.25. The van der Waals surface area contributed by atoms with E-state index in [2.05, 4.69) is 10.3 Å². The fourth-order valence-corrected chi connectivity index (χ4v) is 2.24. The molecule has 2 heterocycles. The Morgan fingerprint density at radius 2 is 2.12 bits per heavy atom. The maximum Gasteiger partial charge on any atom is 0.268 e. The van der Waals surface area contributed by atoms with Crippen molar-refractivity contribution in [1.29, 1.82) is 0 Å². The molecular formula is C12H12N2O2. The molecule has 3 rings (SSSR count). The first-order valence-electron chi connectivity index (χ1n) is 5.34. The second-order valence-electron chi connectivity index (χ2n) is 4.02. The van der Waals surface area contributed by atoms with Gasteiger partial charge in [-0.1, -0.05) is 18.2 Å². The first-order chi connectivity index (χ1) is 7.77. The second kappa shape index (κ2) is 3.35. The number of nitrogens with one attached hydrogen (secondary N) is 2. The second-order valence-corrected chi connectivity index (χ2v) is 4.02. The van der Waals surface area contributed by atoms with Gasteiger partial charge in [-0.15, -0.1) is 0 Å². The van der Waals surface area contributed by atoms with Crippen molar-refractivity contribution in [3.63, 3.8) is 0 Å². The molecule has 0 radical (unpaired) electrons. The minimum Gasteiger partial charge on any atom is -0.388 e. The number of aliphatic hydroxyl groups is 1. The van der Waals surface area contributed by atoms with E-state index in [9.17, 15) is 9.90 Å². The van der Waals surface area contributed by atoms with Crippen LogP contribution in [0.1, 0.15) is 28.6 Å². The largest absolute Gasteiger partial charge is 0.388 e. The monoisotopic (exact) mass is 216 g/mol. The summed E-state index contributed by atoms with van der Waals surface area (Å²) in [5.41, 5.74) is 2.11. The maximum absolute atomic E-state index is 11.8. The van der Waals surface area contributed by atoms with E-state index in [4.69, 9.17) is 0 Å². The number of aliphatic hydroxyl groups excluding tert-OH is 1. The molecule has 1 aliphatic rings. The van der Waals surface area contributed by atoms with E-state index in [1.54, 1.807) is 0 Å². The Morgan fingerprint density at radius 1 is 1.31 bits per heavy atom. The summed E-state index contributed by atoms with van der Waals surface area (Å²) in [5.74, 6) is -0.136. The summed E-state index contributed by atoms with van der Waals surface area (Å²) in [7, 11) is 0. The van der Waals surface area contributed by atoms with Crippen LogP contribution in [0.4, 0.5) is 0 Å². The van der Waals surface area contributed by atoms with Crippen LogP contribution in [-0.2, 0) is 0 Å². The Hall–Kier alpha value is -1.81. The molecule has 0 bridgehead atoms. The van der Waals surface area contributed by atoms with Gasteiger partial charge in [0, 0.05) is 23.0 Å². The molecule has 1 atom stereocenters. The quantitative estimate of drug-likeness (QED) is 0.622. The lowest BCUT2D eigenvalue weighted by atomic mass is 10.0. The number of fused-ring (bicyclic) bond motifs is 3. The Labute approximate surface area is 92.3 Å². The van der Waals surface area contributed by atoms with E-state index in [1.807, 2.05) is 24.3 Å². The zero-order valence-corrected chi connectivity index (χ0v) is 8.66. The van der Waals surface area contributed by atoms with Crippen molar-refractivity contribution in [3.05, 3.63) is 35.5 Å². The Balaban J connectivity index is 2.33. The highest BCUT2D eigenvalue weighted by molar-refractivity contribution is 6.01. The summed E-state index contributed by atoms with van der Waals surface area (Å²) in [5, 5.41) is 13.7. The van der Waals surface area contributed by atoms with Crippen LogP contribution in [0.3, 0.4) is 0 Å². The lowest BCUT2D eigenvalue weighted by Gasteiger charge is -2.06. The molecule has 1 aromatic carbocycles. The van der Waals surface area contributed by atoms with Gasteiger partial charge in [0.25, 0.3) is 5.91 Å². The van der Waals surface area contributed by atoms with E-state index >= 15 is 0 Å². The first-order valence-corrected chi connectivity index (χ1v) is 5.34. The third-order valence-corrected chi connectivity index (χ3v) is 3.01. The van der Waals surface area contributed by atoms with E-state index < -0.39 is 6.10 Å². The van der Waals surface area contributed by atoms with Crippen molar-refractivity contribution >= 4 is 16.8 Å². The molecule has 82 valence electrons. The minimum absolute atomic E-state index is 0.136. The summed E-state index contributed by atoms with van der Waals surface area (Å²) < 4.78 is 0. The lowest BCUT2D eigenvalue weighted by Crippen LogP contribution is -2.23. The van der Waals surface area contributed by atoms with Crippen molar-refractivity contribution in [2.75, 3.05) is 6.54 Å². The SMILES string of the molecule is O=C1NCC[C@H](O)c2c1[nH]c1ccccc21. The predicted molar refractivity (Wildman–Crippen MR) is 60.2 cm³/mol.